The molecule has 0 saturated heterocycles. The van der Waals surface area contributed by atoms with Gasteiger partial charge in [0, 0.05) is 11.5 Å². The van der Waals surface area contributed by atoms with E-state index in [0.29, 0.717) is 5.16 Å². The molecule has 0 aliphatic carbocycles. The van der Waals surface area contributed by atoms with Crippen molar-refractivity contribution >= 4 is 38.4 Å². The highest BCUT2D eigenvalue weighted by Gasteiger charge is 2.16. The van der Waals surface area contributed by atoms with Gasteiger partial charge in [-0.1, -0.05) is 36.4 Å². The number of hydrogen-bond donors (Lipinski definition) is 1. The topological polar surface area (TPSA) is 72.0 Å². The third-order valence-corrected chi connectivity index (χ3v) is 5.19. The van der Waals surface area contributed by atoms with Gasteiger partial charge < -0.3 is 0 Å². The van der Waals surface area contributed by atoms with Gasteiger partial charge in [0.1, 0.15) is 0 Å². The van der Waals surface area contributed by atoms with E-state index in [4.69, 9.17) is 0 Å². The number of nitrogens with one attached hydrogen (secondary N) is 1. The number of sulfonamides is 1. The minimum Gasteiger partial charge on any atom is -0.253 e. The summed E-state index contributed by atoms with van der Waals surface area (Å²) in [6.45, 7) is 3.89. The average Bonchev–Trinajstić information content (AvgIpc) is 2.77. The van der Waals surface area contributed by atoms with E-state index < -0.39 is 10.0 Å². The Bertz CT molecular complexity index is 650. The largest absolute Gasteiger partial charge is 0.263 e. The lowest BCUT2D eigenvalue weighted by molar-refractivity contribution is 0.601. The van der Waals surface area contributed by atoms with Crippen molar-refractivity contribution in [2.75, 3.05) is 10.5 Å². The van der Waals surface area contributed by atoms with Crippen LogP contribution in [0.2, 0.25) is 0 Å². The van der Waals surface area contributed by atoms with E-state index in [1.54, 1.807) is 24.3 Å². The van der Waals surface area contributed by atoms with Gasteiger partial charge in [-0.05, 0) is 24.8 Å². The van der Waals surface area contributed by atoms with Crippen LogP contribution in [0.25, 0.3) is 0 Å². The highest BCUT2D eigenvalue weighted by Crippen LogP contribution is 2.22. The first kappa shape index (κ1) is 14.3. The zero-order chi connectivity index (χ0) is 13.9. The molecule has 0 bridgehead atoms. The maximum absolute atomic E-state index is 12.1. The molecular weight excluding hydrogens is 302 g/mol. The standard InChI is InChI=1S/C11H13N3O2S3/c1-3-17-10-12-11(18-13-10)14-19(15,16)9-6-4-8(2)5-7-9/h4-7H,3H2,1-2H3,(H,12,13,14). The lowest BCUT2D eigenvalue weighted by Gasteiger charge is -2.04. The number of hydrogen-bond acceptors (Lipinski definition) is 6. The van der Waals surface area contributed by atoms with Gasteiger partial charge in [-0.3, -0.25) is 4.72 Å². The van der Waals surface area contributed by atoms with E-state index in [-0.39, 0.29) is 10.0 Å². The van der Waals surface area contributed by atoms with Gasteiger partial charge >= 0.3 is 0 Å². The quantitative estimate of drug-likeness (QED) is 0.859. The molecule has 19 heavy (non-hydrogen) atoms. The fourth-order valence-corrected chi connectivity index (χ4v) is 3.82. The predicted octanol–water partition coefficient (Wildman–Crippen LogP) is 2.76. The fraction of sp³-hybridized carbons (Fsp3) is 0.273. The van der Waals surface area contributed by atoms with Gasteiger partial charge in [-0.2, -0.15) is 9.36 Å². The number of nitrogens with zero attached hydrogens (tertiary/aromatic N) is 2. The highest BCUT2D eigenvalue weighted by molar-refractivity contribution is 7.99. The molecule has 2 aromatic rings. The minimum absolute atomic E-state index is 0.220. The molecule has 0 saturated carbocycles. The number of rotatable bonds is 5. The first-order chi connectivity index (χ1) is 9.01. The maximum Gasteiger partial charge on any atom is 0.263 e. The van der Waals surface area contributed by atoms with Crippen molar-refractivity contribution in [3.63, 3.8) is 0 Å². The van der Waals surface area contributed by atoms with Crippen LogP contribution in [-0.4, -0.2) is 23.5 Å². The summed E-state index contributed by atoms with van der Waals surface area (Å²) in [5.74, 6) is 0.848. The van der Waals surface area contributed by atoms with Crippen molar-refractivity contribution in [1.29, 1.82) is 0 Å². The van der Waals surface area contributed by atoms with Crippen LogP contribution in [0.5, 0.6) is 0 Å². The van der Waals surface area contributed by atoms with Crippen molar-refractivity contribution in [1.82, 2.24) is 9.36 Å². The van der Waals surface area contributed by atoms with Crippen molar-refractivity contribution in [2.45, 2.75) is 23.9 Å². The molecule has 5 nitrogen and oxygen atoms in total. The van der Waals surface area contributed by atoms with Crippen LogP contribution in [0, 0.1) is 6.92 Å². The Kier molecular flexibility index (Phi) is 4.43. The molecule has 0 atom stereocenters. The Hall–Kier alpha value is -1.12. The third kappa shape index (κ3) is 3.68. The summed E-state index contributed by atoms with van der Waals surface area (Å²) < 4.78 is 30.7. The smallest absolute Gasteiger partial charge is 0.253 e. The molecule has 102 valence electrons. The summed E-state index contributed by atoms with van der Waals surface area (Å²) in [7, 11) is -3.58. The maximum atomic E-state index is 12.1. The molecule has 0 radical (unpaired) electrons. The monoisotopic (exact) mass is 315 g/mol. The van der Waals surface area contributed by atoms with Gasteiger partial charge in [0.05, 0.1) is 4.90 Å². The van der Waals surface area contributed by atoms with E-state index in [2.05, 4.69) is 14.1 Å². The van der Waals surface area contributed by atoms with Gasteiger partial charge in [0.2, 0.25) is 10.3 Å². The van der Waals surface area contributed by atoms with Gasteiger partial charge in [-0.15, -0.1) is 0 Å². The first-order valence-electron chi connectivity index (χ1n) is 5.57. The molecule has 0 amide bonds. The number of benzene rings is 1. The molecule has 1 aromatic heterocycles. The molecule has 2 rings (SSSR count). The molecule has 0 unspecified atom stereocenters. The Morgan fingerprint density at radius 1 is 1.32 bits per heavy atom. The normalized spacial score (nSPS) is 11.5. The van der Waals surface area contributed by atoms with Crippen LogP contribution < -0.4 is 4.72 Å². The summed E-state index contributed by atoms with van der Waals surface area (Å²) in [6.07, 6.45) is 0. The summed E-state index contributed by atoms with van der Waals surface area (Å²) >= 11 is 2.52. The molecular formula is C11H13N3O2S3. The van der Waals surface area contributed by atoms with E-state index >= 15 is 0 Å². The Morgan fingerprint density at radius 3 is 2.63 bits per heavy atom. The van der Waals surface area contributed by atoms with Gasteiger partial charge in [0.15, 0.2) is 0 Å². The summed E-state index contributed by atoms with van der Waals surface area (Å²) in [6, 6.07) is 6.65. The summed E-state index contributed by atoms with van der Waals surface area (Å²) in [5, 5.41) is 0.880. The van der Waals surface area contributed by atoms with Crippen molar-refractivity contribution in [3.05, 3.63) is 29.8 Å². The Morgan fingerprint density at radius 2 is 2.00 bits per heavy atom. The van der Waals surface area contributed by atoms with Crippen molar-refractivity contribution in [3.8, 4) is 0 Å². The lowest BCUT2D eigenvalue weighted by atomic mass is 10.2. The lowest BCUT2D eigenvalue weighted by Crippen LogP contribution is -2.12. The second kappa shape index (κ2) is 5.89. The van der Waals surface area contributed by atoms with Crippen LogP contribution in [0.1, 0.15) is 12.5 Å². The van der Waals surface area contributed by atoms with Crippen LogP contribution in [-0.2, 0) is 10.0 Å². The van der Waals surface area contributed by atoms with Crippen LogP contribution in [0.3, 0.4) is 0 Å². The average molecular weight is 315 g/mol. The van der Waals surface area contributed by atoms with Crippen LogP contribution in [0.4, 0.5) is 5.13 Å². The number of anilines is 1. The van der Waals surface area contributed by atoms with Crippen LogP contribution in [0.15, 0.2) is 34.3 Å². The predicted molar refractivity (Wildman–Crippen MR) is 78.3 cm³/mol. The zero-order valence-electron chi connectivity index (χ0n) is 10.5. The Labute approximate surface area is 120 Å². The van der Waals surface area contributed by atoms with E-state index in [1.807, 2.05) is 13.8 Å². The molecule has 0 spiro atoms. The molecule has 1 aromatic carbocycles. The zero-order valence-corrected chi connectivity index (χ0v) is 12.9. The van der Waals surface area contributed by atoms with Crippen LogP contribution >= 0.6 is 23.3 Å². The molecule has 1 N–H and O–H groups in total. The number of thioether (sulfide) groups is 1. The molecule has 1 heterocycles. The summed E-state index contributed by atoms with van der Waals surface area (Å²) in [5.41, 5.74) is 1.01. The fourth-order valence-electron chi connectivity index (χ4n) is 1.33. The minimum atomic E-state index is -3.58. The summed E-state index contributed by atoms with van der Waals surface area (Å²) in [4.78, 5) is 4.33. The van der Waals surface area contributed by atoms with Gasteiger partial charge in [-0.25, -0.2) is 8.42 Å². The van der Waals surface area contributed by atoms with E-state index in [9.17, 15) is 8.42 Å². The second-order valence-electron chi connectivity index (χ2n) is 3.73. The van der Waals surface area contributed by atoms with E-state index in [1.165, 1.54) is 11.8 Å². The third-order valence-electron chi connectivity index (χ3n) is 2.23. The molecule has 0 fully saturated rings. The highest BCUT2D eigenvalue weighted by atomic mass is 32.2. The first-order valence-corrected chi connectivity index (χ1v) is 8.81. The van der Waals surface area contributed by atoms with Crippen molar-refractivity contribution in [2.24, 2.45) is 0 Å². The van der Waals surface area contributed by atoms with Crippen molar-refractivity contribution < 1.29 is 8.42 Å². The Balaban J connectivity index is 2.18. The molecule has 0 aliphatic rings. The number of aromatic nitrogens is 2. The SMILES string of the molecule is CCSc1nsc(NS(=O)(=O)c2ccc(C)cc2)n1. The molecule has 0 aliphatic heterocycles. The van der Waals surface area contributed by atoms with Gasteiger partial charge in [0.25, 0.3) is 10.0 Å². The number of aryl methyl sites for hydroxylation is 1. The van der Waals surface area contributed by atoms with E-state index in [0.717, 1.165) is 22.8 Å². The second-order valence-corrected chi connectivity index (χ2v) is 7.40. The molecule has 8 heteroatoms.